The Hall–Kier alpha value is -1.32. The highest BCUT2D eigenvalue weighted by Crippen LogP contribution is 2.39. The van der Waals surface area contributed by atoms with Gasteiger partial charge in [0, 0.05) is 18.7 Å². The number of ether oxygens (including phenoxy) is 1. The Kier molecular flexibility index (Phi) is 2.27. The van der Waals surface area contributed by atoms with E-state index >= 15 is 0 Å². The third-order valence-corrected chi connectivity index (χ3v) is 2.54. The van der Waals surface area contributed by atoms with E-state index in [1.807, 2.05) is 13.1 Å². The number of carbonyl (C=O) groups excluding carboxylic acids is 1. The molecular formula is C10H14N2O2. The summed E-state index contributed by atoms with van der Waals surface area (Å²) in [5, 5.41) is 4.37. The van der Waals surface area contributed by atoms with Crippen LogP contribution in [0, 0.1) is 0 Å². The van der Waals surface area contributed by atoms with Gasteiger partial charge in [0.05, 0.1) is 19.2 Å². The molecule has 0 aliphatic heterocycles. The summed E-state index contributed by atoms with van der Waals surface area (Å²) in [5.41, 5.74) is 2.05. The van der Waals surface area contributed by atoms with E-state index < -0.39 is 0 Å². The van der Waals surface area contributed by atoms with Gasteiger partial charge in [0.15, 0.2) is 0 Å². The lowest BCUT2D eigenvalue weighted by atomic mass is 10.2. The van der Waals surface area contributed by atoms with E-state index in [1.165, 1.54) is 20.0 Å². The molecule has 0 atom stereocenters. The molecular weight excluding hydrogens is 180 g/mol. The van der Waals surface area contributed by atoms with Gasteiger partial charge in [0.2, 0.25) is 0 Å². The summed E-state index contributed by atoms with van der Waals surface area (Å²) in [7, 11) is 3.27. The zero-order chi connectivity index (χ0) is 10.1. The maximum atomic E-state index is 11.1. The fourth-order valence-electron chi connectivity index (χ4n) is 1.49. The third kappa shape index (κ3) is 1.78. The number of carbonyl (C=O) groups is 1. The summed E-state index contributed by atoms with van der Waals surface area (Å²) in [5.74, 6) is 0.419. The van der Waals surface area contributed by atoms with E-state index in [9.17, 15) is 4.79 Å². The molecule has 0 bridgehead atoms. The second-order valence-corrected chi connectivity index (χ2v) is 3.71. The molecule has 14 heavy (non-hydrogen) atoms. The molecule has 0 unspecified atom stereocenters. The second kappa shape index (κ2) is 3.44. The minimum atomic E-state index is -0.213. The largest absolute Gasteiger partial charge is 0.469 e. The molecule has 1 heterocycles. The monoisotopic (exact) mass is 194 g/mol. The van der Waals surface area contributed by atoms with Crippen LogP contribution in [0.1, 0.15) is 30.1 Å². The molecule has 0 N–H and O–H groups in total. The lowest BCUT2D eigenvalue weighted by Gasteiger charge is -1.98. The van der Waals surface area contributed by atoms with Gasteiger partial charge in [-0.2, -0.15) is 5.10 Å². The Balaban J connectivity index is 2.12. The maximum Gasteiger partial charge on any atom is 0.311 e. The highest BCUT2D eigenvalue weighted by atomic mass is 16.5. The molecule has 1 aromatic rings. The lowest BCUT2D eigenvalue weighted by molar-refractivity contribution is -0.139. The molecule has 0 saturated heterocycles. The number of esters is 1. The first-order valence-electron chi connectivity index (χ1n) is 4.80. The van der Waals surface area contributed by atoms with E-state index in [-0.39, 0.29) is 5.97 Å². The van der Waals surface area contributed by atoms with Crippen LogP contribution >= 0.6 is 0 Å². The van der Waals surface area contributed by atoms with Crippen molar-refractivity contribution < 1.29 is 9.53 Å². The number of hydrogen-bond acceptors (Lipinski definition) is 3. The second-order valence-electron chi connectivity index (χ2n) is 3.71. The number of methoxy groups -OCH3 is 1. The molecule has 1 saturated carbocycles. The lowest BCUT2D eigenvalue weighted by Crippen LogP contribution is -2.08. The Morgan fingerprint density at radius 2 is 2.43 bits per heavy atom. The summed E-state index contributed by atoms with van der Waals surface area (Å²) in [6, 6.07) is 2.01. The van der Waals surface area contributed by atoms with Crippen LogP contribution in [0.3, 0.4) is 0 Å². The number of nitrogens with zero attached hydrogens (tertiary/aromatic N) is 2. The molecule has 1 fully saturated rings. The topological polar surface area (TPSA) is 44.1 Å². The first-order valence-corrected chi connectivity index (χ1v) is 4.80. The van der Waals surface area contributed by atoms with Crippen molar-refractivity contribution >= 4 is 5.97 Å². The van der Waals surface area contributed by atoms with Crippen molar-refractivity contribution in [1.82, 2.24) is 9.78 Å². The molecule has 1 aliphatic rings. The minimum absolute atomic E-state index is 0.213. The van der Waals surface area contributed by atoms with E-state index in [2.05, 4.69) is 9.84 Å². The van der Waals surface area contributed by atoms with Crippen LogP contribution in [-0.2, 0) is 23.0 Å². The Morgan fingerprint density at radius 3 is 3.00 bits per heavy atom. The predicted octanol–water partition coefficient (Wildman–Crippen LogP) is 1.01. The van der Waals surface area contributed by atoms with Crippen molar-refractivity contribution in [2.75, 3.05) is 7.11 Å². The van der Waals surface area contributed by atoms with Crippen molar-refractivity contribution in [2.45, 2.75) is 25.2 Å². The number of aromatic nitrogens is 2. The van der Waals surface area contributed by atoms with E-state index in [0.29, 0.717) is 12.3 Å². The molecule has 76 valence electrons. The molecule has 4 heteroatoms. The summed E-state index contributed by atoms with van der Waals surface area (Å²) in [6.45, 7) is 0. The zero-order valence-corrected chi connectivity index (χ0v) is 8.49. The van der Waals surface area contributed by atoms with Crippen molar-refractivity contribution in [3.8, 4) is 0 Å². The summed E-state index contributed by atoms with van der Waals surface area (Å²) in [6.07, 6.45) is 2.77. The molecule has 0 spiro atoms. The molecule has 0 aromatic carbocycles. The van der Waals surface area contributed by atoms with Gasteiger partial charge < -0.3 is 4.74 Å². The van der Waals surface area contributed by atoms with Gasteiger partial charge in [-0.1, -0.05) is 0 Å². The van der Waals surface area contributed by atoms with Crippen molar-refractivity contribution in [1.29, 1.82) is 0 Å². The highest BCUT2D eigenvalue weighted by molar-refractivity contribution is 5.71. The quantitative estimate of drug-likeness (QED) is 0.674. The molecule has 1 aliphatic carbocycles. The Bertz CT molecular complexity index is 353. The van der Waals surface area contributed by atoms with Crippen molar-refractivity contribution in [2.24, 2.45) is 7.05 Å². The standard InChI is InChI=1S/C10H14N2O2/c1-12-8(6-10(13)14-2)5-9(11-12)7-3-4-7/h5,7H,3-4,6H2,1-2H3. The molecule has 4 nitrogen and oxygen atoms in total. The average molecular weight is 194 g/mol. The van der Waals surface area contributed by atoms with Gasteiger partial charge in [-0.15, -0.1) is 0 Å². The minimum Gasteiger partial charge on any atom is -0.469 e. The van der Waals surface area contributed by atoms with Crippen molar-refractivity contribution in [3.63, 3.8) is 0 Å². The van der Waals surface area contributed by atoms with Crippen LogP contribution in [0.15, 0.2) is 6.07 Å². The number of aryl methyl sites for hydroxylation is 1. The molecule has 2 rings (SSSR count). The Labute approximate surface area is 82.9 Å². The first-order chi connectivity index (χ1) is 6.70. The van der Waals surface area contributed by atoms with Crippen LogP contribution in [-0.4, -0.2) is 22.9 Å². The normalized spacial score (nSPS) is 15.6. The highest BCUT2D eigenvalue weighted by Gasteiger charge is 2.27. The predicted molar refractivity (Wildman–Crippen MR) is 50.9 cm³/mol. The van der Waals surface area contributed by atoms with Crippen LogP contribution in [0.25, 0.3) is 0 Å². The van der Waals surface area contributed by atoms with E-state index in [4.69, 9.17) is 0 Å². The SMILES string of the molecule is COC(=O)Cc1cc(C2CC2)nn1C. The van der Waals surface area contributed by atoms with Gasteiger partial charge in [-0.25, -0.2) is 0 Å². The Morgan fingerprint density at radius 1 is 1.71 bits per heavy atom. The van der Waals surface area contributed by atoms with E-state index in [1.54, 1.807) is 4.68 Å². The summed E-state index contributed by atoms with van der Waals surface area (Å²) >= 11 is 0. The smallest absolute Gasteiger partial charge is 0.311 e. The van der Waals surface area contributed by atoms with Gasteiger partial charge in [0.25, 0.3) is 0 Å². The van der Waals surface area contributed by atoms with Crippen LogP contribution in [0.2, 0.25) is 0 Å². The zero-order valence-electron chi connectivity index (χ0n) is 8.49. The van der Waals surface area contributed by atoms with Crippen LogP contribution < -0.4 is 0 Å². The van der Waals surface area contributed by atoms with Crippen LogP contribution in [0.5, 0.6) is 0 Å². The molecule has 0 radical (unpaired) electrons. The van der Waals surface area contributed by atoms with Gasteiger partial charge >= 0.3 is 5.97 Å². The number of hydrogen-bond donors (Lipinski definition) is 0. The number of rotatable bonds is 3. The molecule has 0 amide bonds. The fourth-order valence-corrected chi connectivity index (χ4v) is 1.49. The van der Waals surface area contributed by atoms with Crippen molar-refractivity contribution in [3.05, 3.63) is 17.5 Å². The van der Waals surface area contributed by atoms with E-state index in [0.717, 1.165) is 11.4 Å². The van der Waals surface area contributed by atoms with Gasteiger partial charge in [0.1, 0.15) is 0 Å². The average Bonchev–Trinajstić information content (AvgIpc) is 2.94. The maximum absolute atomic E-state index is 11.1. The molecule has 1 aromatic heterocycles. The first kappa shape index (κ1) is 9.24. The van der Waals surface area contributed by atoms with Gasteiger partial charge in [-0.05, 0) is 18.9 Å². The third-order valence-electron chi connectivity index (χ3n) is 2.54. The van der Waals surface area contributed by atoms with Gasteiger partial charge in [-0.3, -0.25) is 9.48 Å². The fraction of sp³-hybridized carbons (Fsp3) is 0.600. The summed E-state index contributed by atoms with van der Waals surface area (Å²) in [4.78, 5) is 11.1. The summed E-state index contributed by atoms with van der Waals surface area (Å²) < 4.78 is 6.38. The van der Waals surface area contributed by atoms with Crippen LogP contribution in [0.4, 0.5) is 0 Å².